The van der Waals surface area contributed by atoms with Gasteiger partial charge in [0.2, 0.25) is 0 Å². The van der Waals surface area contributed by atoms with E-state index in [1.807, 2.05) is 0 Å². The first-order valence-corrected chi connectivity index (χ1v) is 9.21. The van der Waals surface area contributed by atoms with Crippen LogP contribution in [0.25, 0.3) is 11.4 Å². The smallest absolute Gasteiger partial charge is 0.295 e. The number of halogens is 3. The van der Waals surface area contributed by atoms with Crippen LogP contribution < -0.4 is 11.3 Å². The minimum atomic E-state index is -3.75. The molecule has 0 amide bonds. The molecule has 0 aliphatic rings. The summed E-state index contributed by atoms with van der Waals surface area (Å²) >= 11 is 0. The van der Waals surface area contributed by atoms with Crippen molar-refractivity contribution in [3.63, 3.8) is 0 Å². The third kappa shape index (κ3) is 4.03. The topological polar surface area (TPSA) is 108 Å². The van der Waals surface area contributed by atoms with Crippen LogP contribution >= 0.6 is 0 Å². The van der Waals surface area contributed by atoms with E-state index < -0.39 is 34.0 Å². The Kier molecular flexibility index (Phi) is 5.40. The minimum absolute atomic E-state index is 0.00109. The molecule has 0 spiro atoms. The normalized spacial score (nSPS) is 13.6. The molecule has 2 aromatic heterocycles. The van der Waals surface area contributed by atoms with Crippen molar-refractivity contribution in [2.24, 2.45) is 0 Å². The van der Waals surface area contributed by atoms with Gasteiger partial charge in [-0.3, -0.25) is 9.36 Å². The van der Waals surface area contributed by atoms with Gasteiger partial charge in [0.1, 0.15) is 11.5 Å². The van der Waals surface area contributed by atoms with E-state index in [-0.39, 0.29) is 27.9 Å². The van der Waals surface area contributed by atoms with Crippen molar-refractivity contribution in [2.45, 2.75) is 37.4 Å². The standard InChI is InChI=1S/C15H17F3N4O3S/c1-3-26(24,25)11-4-5-12(19)21-14(11)10-6-13(23)22(8-20-10)7-15(17,18)9(2)16/h4-6,8-9H,3,7H2,1-2H3,(H2,19,21). The van der Waals surface area contributed by atoms with E-state index in [2.05, 4.69) is 9.97 Å². The predicted molar refractivity (Wildman–Crippen MR) is 89.4 cm³/mol. The molecule has 0 saturated carbocycles. The lowest BCUT2D eigenvalue weighted by Crippen LogP contribution is -2.37. The molecule has 0 fully saturated rings. The number of alkyl halides is 3. The summed E-state index contributed by atoms with van der Waals surface area (Å²) in [6, 6.07) is 3.38. The van der Waals surface area contributed by atoms with Crippen molar-refractivity contribution in [3.05, 3.63) is 34.9 Å². The van der Waals surface area contributed by atoms with Crippen molar-refractivity contribution < 1.29 is 21.6 Å². The summed E-state index contributed by atoms with van der Waals surface area (Å²) in [6.07, 6.45) is -1.66. The van der Waals surface area contributed by atoms with Crippen molar-refractivity contribution >= 4 is 15.7 Å². The summed E-state index contributed by atoms with van der Waals surface area (Å²) in [4.78, 5) is 19.6. The summed E-state index contributed by atoms with van der Waals surface area (Å²) in [5.41, 5.74) is 4.38. The minimum Gasteiger partial charge on any atom is -0.384 e. The Bertz CT molecular complexity index is 974. The molecule has 2 heterocycles. The molecule has 0 saturated heterocycles. The zero-order chi connectivity index (χ0) is 19.7. The maximum Gasteiger partial charge on any atom is 0.295 e. The Morgan fingerprint density at radius 1 is 1.35 bits per heavy atom. The fourth-order valence-corrected chi connectivity index (χ4v) is 3.11. The number of hydrogen-bond donors (Lipinski definition) is 1. The quantitative estimate of drug-likeness (QED) is 0.804. The molecule has 0 aromatic carbocycles. The van der Waals surface area contributed by atoms with Crippen LogP contribution in [-0.4, -0.2) is 40.8 Å². The lowest BCUT2D eigenvalue weighted by atomic mass is 10.2. The first-order valence-electron chi connectivity index (χ1n) is 7.56. The van der Waals surface area contributed by atoms with Gasteiger partial charge < -0.3 is 5.73 Å². The second-order valence-corrected chi connectivity index (χ2v) is 7.85. The second-order valence-electron chi connectivity index (χ2n) is 5.60. The molecule has 142 valence electrons. The molecule has 0 aliphatic carbocycles. The monoisotopic (exact) mass is 390 g/mol. The van der Waals surface area contributed by atoms with E-state index in [9.17, 15) is 26.4 Å². The molecule has 11 heteroatoms. The summed E-state index contributed by atoms with van der Waals surface area (Å²) in [5.74, 6) is -3.97. The first kappa shape index (κ1) is 19.9. The molecular weight excluding hydrogens is 373 g/mol. The number of pyridine rings is 1. The number of nitrogens with zero attached hydrogens (tertiary/aromatic N) is 3. The Morgan fingerprint density at radius 2 is 2.00 bits per heavy atom. The van der Waals surface area contributed by atoms with Crippen LogP contribution in [0, 0.1) is 0 Å². The fraction of sp³-hybridized carbons (Fsp3) is 0.400. The molecule has 2 aromatic rings. The zero-order valence-electron chi connectivity index (χ0n) is 14.0. The van der Waals surface area contributed by atoms with Gasteiger partial charge in [-0.05, 0) is 19.1 Å². The van der Waals surface area contributed by atoms with Gasteiger partial charge in [0.25, 0.3) is 11.5 Å². The van der Waals surface area contributed by atoms with Gasteiger partial charge in [-0.15, -0.1) is 0 Å². The van der Waals surface area contributed by atoms with E-state index in [4.69, 9.17) is 5.73 Å². The molecule has 0 bridgehead atoms. The van der Waals surface area contributed by atoms with Crippen molar-refractivity contribution in [1.29, 1.82) is 0 Å². The van der Waals surface area contributed by atoms with Crippen molar-refractivity contribution in [1.82, 2.24) is 14.5 Å². The third-order valence-electron chi connectivity index (χ3n) is 3.68. The molecule has 1 atom stereocenters. The third-order valence-corrected chi connectivity index (χ3v) is 5.44. The number of nitrogen functional groups attached to an aromatic ring is 1. The summed E-state index contributed by atoms with van der Waals surface area (Å²) in [6.45, 7) is 0.924. The van der Waals surface area contributed by atoms with Gasteiger partial charge in [-0.1, -0.05) is 6.92 Å². The number of anilines is 1. The van der Waals surface area contributed by atoms with Crippen molar-refractivity contribution in [2.75, 3.05) is 11.5 Å². The highest BCUT2D eigenvalue weighted by Gasteiger charge is 2.37. The molecule has 1 unspecified atom stereocenters. The average Bonchev–Trinajstić information content (AvgIpc) is 2.56. The van der Waals surface area contributed by atoms with Crippen LogP contribution in [-0.2, 0) is 16.4 Å². The van der Waals surface area contributed by atoms with Gasteiger partial charge in [0, 0.05) is 6.07 Å². The molecule has 2 rings (SSSR count). The number of aromatic nitrogens is 3. The summed E-state index contributed by atoms with van der Waals surface area (Å²) in [7, 11) is -3.69. The Morgan fingerprint density at radius 3 is 2.54 bits per heavy atom. The Balaban J connectivity index is 2.54. The Labute approximate surface area is 147 Å². The van der Waals surface area contributed by atoms with Crippen LogP contribution in [0.1, 0.15) is 13.8 Å². The van der Waals surface area contributed by atoms with E-state index in [1.165, 1.54) is 19.1 Å². The summed E-state index contributed by atoms with van der Waals surface area (Å²) in [5, 5.41) is 0. The average molecular weight is 390 g/mol. The molecule has 2 N–H and O–H groups in total. The highest BCUT2D eigenvalue weighted by Crippen LogP contribution is 2.26. The largest absolute Gasteiger partial charge is 0.384 e. The summed E-state index contributed by atoms with van der Waals surface area (Å²) < 4.78 is 64.8. The molecule has 7 nitrogen and oxygen atoms in total. The van der Waals surface area contributed by atoms with Crippen LogP contribution in [0.4, 0.5) is 19.0 Å². The highest BCUT2D eigenvalue weighted by molar-refractivity contribution is 7.91. The Hall–Kier alpha value is -2.43. The van der Waals surface area contributed by atoms with Gasteiger partial charge >= 0.3 is 0 Å². The van der Waals surface area contributed by atoms with E-state index >= 15 is 0 Å². The number of rotatable bonds is 6. The van der Waals surface area contributed by atoms with Crippen molar-refractivity contribution in [3.8, 4) is 11.4 Å². The number of sulfone groups is 1. The molecular formula is C15H17F3N4O3S. The van der Waals surface area contributed by atoms with E-state index in [1.54, 1.807) is 0 Å². The predicted octanol–water partition coefficient (Wildman–Crippen LogP) is 1.67. The lowest BCUT2D eigenvalue weighted by molar-refractivity contribution is -0.0786. The zero-order valence-corrected chi connectivity index (χ0v) is 14.8. The molecule has 0 aliphatic heterocycles. The molecule has 0 radical (unpaired) electrons. The first-order chi connectivity index (χ1) is 12.0. The van der Waals surface area contributed by atoms with Crippen LogP contribution in [0.5, 0.6) is 0 Å². The van der Waals surface area contributed by atoms with Gasteiger partial charge in [-0.2, -0.15) is 0 Å². The van der Waals surface area contributed by atoms with Gasteiger partial charge in [0.15, 0.2) is 16.0 Å². The number of nitrogens with two attached hydrogens (primary N) is 1. The SMILES string of the molecule is CCS(=O)(=O)c1ccc(N)nc1-c1cc(=O)n(CC(F)(F)C(C)F)cn1. The lowest BCUT2D eigenvalue weighted by Gasteiger charge is -2.18. The maximum absolute atomic E-state index is 13.5. The van der Waals surface area contributed by atoms with Gasteiger partial charge in [-0.25, -0.2) is 31.6 Å². The second kappa shape index (κ2) is 7.06. The van der Waals surface area contributed by atoms with E-state index in [0.29, 0.717) is 11.5 Å². The van der Waals surface area contributed by atoms with Crippen LogP contribution in [0.3, 0.4) is 0 Å². The van der Waals surface area contributed by atoms with E-state index in [0.717, 1.165) is 12.4 Å². The van der Waals surface area contributed by atoms with Gasteiger partial charge in [0.05, 0.1) is 29.2 Å². The molecule has 26 heavy (non-hydrogen) atoms. The maximum atomic E-state index is 13.5. The van der Waals surface area contributed by atoms with Crippen LogP contribution in [0.15, 0.2) is 34.2 Å². The highest BCUT2D eigenvalue weighted by atomic mass is 32.2. The number of hydrogen-bond acceptors (Lipinski definition) is 6. The van der Waals surface area contributed by atoms with Crippen LogP contribution in [0.2, 0.25) is 0 Å². The fourth-order valence-electron chi connectivity index (χ4n) is 2.08.